The Kier molecular flexibility index (Phi) is 3.71. The number of carbonyl (C=O) groups excluding carboxylic acids is 1. The van der Waals surface area contributed by atoms with Crippen LogP contribution in [0.2, 0.25) is 0 Å². The lowest BCUT2D eigenvalue weighted by atomic mass is 9.92. The maximum absolute atomic E-state index is 13.9. The van der Waals surface area contributed by atoms with E-state index in [1.54, 1.807) is 13.8 Å². The summed E-state index contributed by atoms with van der Waals surface area (Å²) in [5.74, 6) is -2.51. The van der Waals surface area contributed by atoms with Crippen molar-refractivity contribution in [1.82, 2.24) is 0 Å². The van der Waals surface area contributed by atoms with Crippen molar-refractivity contribution in [3.63, 3.8) is 0 Å². The van der Waals surface area contributed by atoms with Crippen molar-refractivity contribution in [1.29, 1.82) is 0 Å². The molecule has 0 unspecified atom stereocenters. The van der Waals surface area contributed by atoms with Crippen LogP contribution >= 0.6 is 0 Å². The fourth-order valence-corrected chi connectivity index (χ4v) is 2.49. The highest BCUT2D eigenvalue weighted by molar-refractivity contribution is 6.11. The van der Waals surface area contributed by atoms with Crippen LogP contribution in [0.1, 0.15) is 38.2 Å². The van der Waals surface area contributed by atoms with E-state index in [1.165, 1.54) is 19.1 Å². The standard InChI is InChI=1S/C17H16F2O/c1-9-7-11(3)14(12(4)8-9)17(20)13-6-5-10(2)15(18)16(13)19/h5-8H,1-4H3. The Hall–Kier alpha value is -2.03. The van der Waals surface area contributed by atoms with Gasteiger partial charge in [0.2, 0.25) is 0 Å². The molecule has 2 aromatic carbocycles. The second kappa shape index (κ2) is 5.16. The average Bonchev–Trinajstić information content (AvgIpc) is 2.34. The molecule has 0 fully saturated rings. The normalized spacial score (nSPS) is 10.7. The van der Waals surface area contributed by atoms with Crippen molar-refractivity contribution >= 4 is 5.78 Å². The Balaban J connectivity index is 2.61. The Labute approximate surface area is 117 Å². The molecule has 104 valence electrons. The molecule has 0 radical (unpaired) electrons. The topological polar surface area (TPSA) is 17.1 Å². The zero-order chi connectivity index (χ0) is 15.0. The Bertz CT molecular complexity index is 679. The number of rotatable bonds is 2. The third-order valence-electron chi connectivity index (χ3n) is 3.42. The predicted octanol–water partition coefficient (Wildman–Crippen LogP) is 4.43. The summed E-state index contributed by atoms with van der Waals surface area (Å²) >= 11 is 0. The van der Waals surface area contributed by atoms with Crippen molar-refractivity contribution in [2.45, 2.75) is 27.7 Å². The van der Waals surface area contributed by atoms with Crippen LogP contribution in [0, 0.1) is 39.3 Å². The van der Waals surface area contributed by atoms with E-state index in [0.29, 0.717) is 5.56 Å². The first-order valence-electron chi connectivity index (χ1n) is 6.40. The lowest BCUT2D eigenvalue weighted by Gasteiger charge is -2.11. The van der Waals surface area contributed by atoms with Crippen LogP contribution < -0.4 is 0 Å². The van der Waals surface area contributed by atoms with Gasteiger partial charge in [-0.2, -0.15) is 0 Å². The van der Waals surface area contributed by atoms with Crippen molar-refractivity contribution in [3.8, 4) is 0 Å². The Morgan fingerprint density at radius 2 is 1.40 bits per heavy atom. The third-order valence-corrected chi connectivity index (χ3v) is 3.42. The molecule has 0 saturated heterocycles. The minimum Gasteiger partial charge on any atom is -0.288 e. The van der Waals surface area contributed by atoms with E-state index < -0.39 is 17.4 Å². The summed E-state index contributed by atoms with van der Waals surface area (Å²) in [4.78, 5) is 12.5. The van der Waals surface area contributed by atoms with Crippen LogP contribution in [0.25, 0.3) is 0 Å². The zero-order valence-electron chi connectivity index (χ0n) is 12.0. The minimum absolute atomic E-state index is 0.191. The molecular formula is C17H16F2O. The van der Waals surface area contributed by atoms with Gasteiger partial charge in [-0.05, 0) is 50.5 Å². The molecular weight excluding hydrogens is 258 g/mol. The first kappa shape index (κ1) is 14.4. The number of ketones is 1. The zero-order valence-corrected chi connectivity index (χ0v) is 12.0. The van der Waals surface area contributed by atoms with Gasteiger partial charge < -0.3 is 0 Å². The number of carbonyl (C=O) groups is 1. The van der Waals surface area contributed by atoms with Crippen LogP contribution in [0.15, 0.2) is 24.3 Å². The van der Waals surface area contributed by atoms with E-state index in [1.807, 2.05) is 19.1 Å². The van der Waals surface area contributed by atoms with Crippen LogP contribution in [-0.4, -0.2) is 5.78 Å². The summed E-state index contributed by atoms with van der Waals surface area (Å²) in [6.45, 7) is 7.00. The highest BCUT2D eigenvalue weighted by Gasteiger charge is 2.21. The van der Waals surface area contributed by atoms with Gasteiger partial charge in [-0.1, -0.05) is 23.8 Å². The lowest BCUT2D eigenvalue weighted by molar-refractivity contribution is 0.103. The predicted molar refractivity (Wildman–Crippen MR) is 75.2 cm³/mol. The molecule has 0 aliphatic carbocycles. The smallest absolute Gasteiger partial charge is 0.196 e. The highest BCUT2D eigenvalue weighted by Crippen LogP contribution is 2.23. The average molecular weight is 274 g/mol. The van der Waals surface area contributed by atoms with Crippen molar-refractivity contribution < 1.29 is 13.6 Å². The molecule has 0 bridgehead atoms. The number of hydrogen-bond donors (Lipinski definition) is 0. The molecule has 0 aliphatic rings. The second-order valence-electron chi connectivity index (χ2n) is 5.16. The summed E-state index contributed by atoms with van der Waals surface area (Å²) in [7, 11) is 0. The molecule has 2 aromatic rings. The van der Waals surface area contributed by atoms with Crippen LogP contribution in [0.5, 0.6) is 0 Å². The lowest BCUT2D eigenvalue weighted by Crippen LogP contribution is -2.10. The first-order chi connectivity index (χ1) is 9.32. The molecule has 0 amide bonds. The van der Waals surface area contributed by atoms with Gasteiger partial charge in [0, 0.05) is 5.56 Å². The summed E-state index contributed by atoms with van der Waals surface area (Å²) in [5, 5.41) is 0. The molecule has 0 heterocycles. The Morgan fingerprint density at radius 3 is 1.95 bits per heavy atom. The van der Waals surface area contributed by atoms with Crippen LogP contribution in [-0.2, 0) is 0 Å². The van der Waals surface area contributed by atoms with Gasteiger partial charge in [0.25, 0.3) is 0 Å². The van der Waals surface area contributed by atoms with Crippen molar-refractivity contribution in [3.05, 3.63) is 69.3 Å². The molecule has 0 aliphatic heterocycles. The molecule has 0 aromatic heterocycles. The SMILES string of the molecule is Cc1cc(C)c(C(=O)c2ccc(C)c(F)c2F)c(C)c1. The monoisotopic (exact) mass is 274 g/mol. The van der Waals surface area contributed by atoms with Gasteiger partial charge in [0.15, 0.2) is 17.4 Å². The first-order valence-corrected chi connectivity index (χ1v) is 6.40. The fourth-order valence-electron chi connectivity index (χ4n) is 2.49. The molecule has 0 N–H and O–H groups in total. The minimum atomic E-state index is -1.07. The third kappa shape index (κ3) is 2.36. The number of benzene rings is 2. The van der Waals surface area contributed by atoms with Crippen LogP contribution in [0.3, 0.4) is 0 Å². The summed E-state index contributed by atoms with van der Waals surface area (Å²) in [6, 6.07) is 6.49. The van der Waals surface area contributed by atoms with Gasteiger partial charge in [-0.25, -0.2) is 8.78 Å². The van der Waals surface area contributed by atoms with Gasteiger partial charge in [0.05, 0.1) is 5.56 Å². The van der Waals surface area contributed by atoms with E-state index in [-0.39, 0.29) is 11.1 Å². The molecule has 2 rings (SSSR count). The van der Waals surface area contributed by atoms with Crippen LogP contribution in [0.4, 0.5) is 8.78 Å². The fraction of sp³-hybridized carbons (Fsp3) is 0.235. The van der Waals surface area contributed by atoms with E-state index in [9.17, 15) is 13.6 Å². The van der Waals surface area contributed by atoms with E-state index in [0.717, 1.165) is 16.7 Å². The van der Waals surface area contributed by atoms with Gasteiger partial charge in [0.1, 0.15) is 0 Å². The molecule has 0 spiro atoms. The molecule has 20 heavy (non-hydrogen) atoms. The highest BCUT2D eigenvalue weighted by atomic mass is 19.2. The molecule has 1 nitrogen and oxygen atoms in total. The molecule has 3 heteroatoms. The number of aryl methyl sites for hydroxylation is 4. The van der Waals surface area contributed by atoms with Gasteiger partial charge in [-0.3, -0.25) is 4.79 Å². The number of halogens is 2. The summed E-state index contributed by atoms with van der Waals surface area (Å²) < 4.78 is 27.6. The van der Waals surface area contributed by atoms with E-state index in [2.05, 4.69) is 0 Å². The number of hydrogen-bond acceptors (Lipinski definition) is 1. The second-order valence-corrected chi connectivity index (χ2v) is 5.16. The Morgan fingerprint density at radius 1 is 0.850 bits per heavy atom. The maximum atomic E-state index is 13.9. The van der Waals surface area contributed by atoms with E-state index >= 15 is 0 Å². The van der Waals surface area contributed by atoms with Gasteiger partial charge in [-0.15, -0.1) is 0 Å². The summed E-state index contributed by atoms with van der Waals surface area (Å²) in [6.07, 6.45) is 0. The van der Waals surface area contributed by atoms with Crippen molar-refractivity contribution in [2.24, 2.45) is 0 Å². The molecule has 0 saturated carbocycles. The largest absolute Gasteiger partial charge is 0.288 e. The quantitative estimate of drug-likeness (QED) is 0.740. The van der Waals surface area contributed by atoms with E-state index in [4.69, 9.17) is 0 Å². The maximum Gasteiger partial charge on any atom is 0.196 e. The van der Waals surface area contributed by atoms with Crippen molar-refractivity contribution in [2.75, 3.05) is 0 Å². The molecule has 0 atom stereocenters. The van der Waals surface area contributed by atoms with Gasteiger partial charge >= 0.3 is 0 Å². The summed E-state index contributed by atoms with van der Waals surface area (Å²) in [5.41, 5.74) is 2.99.